The summed E-state index contributed by atoms with van der Waals surface area (Å²) in [5.74, 6) is 1.33. The second-order valence-corrected chi connectivity index (χ2v) is 4.23. The van der Waals surface area contributed by atoms with Crippen molar-refractivity contribution in [3.05, 3.63) is 0 Å². The molecule has 1 saturated heterocycles. The zero-order chi connectivity index (χ0) is 7.94. The Morgan fingerprint density at radius 3 is 2.55 bits per heavy atom. The quantitative estimate of drug-likeness (QED) is 0.600. The molecule has 1 rings (SSSR count). The zero-order valence-electron chi connectivity index (χ0n) is 7.51. The Balaban J connectivity index is 1.96. The highest BCUT2D eigenvalue weighted by atomic mass is 32.2. The first-order valence-electron chi connectivity index (χ1n) is 4.65. The summed E-state index contributed by atoms with van der Waals surface area (Å²) in [7, 11) is 0. The Morgan fingerprint density at radius 2 is 1.91 bits per heavy atom. The molecule has 0 aromatic heterocycles. The third-order valence-electron chi connectivity index (χ3n) is 2.27. The minimum atomic E-state index is 1.33. The Morgan fingerprint density at radius 1 is 1.18 bits per heavy atom. The Bertz CT molecular complexity index is 89.6. The predicted octanol–water partition coefficient (Wildman–Crippen LogP) is 2.23. The highest BCUT2D eigenvalue weighted by Gasteiger charge is 2.08. The molecule has 0 atom stereocenters. The van der Waals surface area contributed by atoms with Gasteiger partial charge in [0.05, 0.1) is 0 Å². The summed E-state index contributed by atoms with van der Waals surface area (Å²) in [6.07, 6.45) is 7.88. The first-order chi connectivity index (χ1) is 5.43. The number of likely N-dealkylation sites (tertiary alicyclic amines) is 1. The van der Waals surface area contributed by atoms with E-state index in [1.54, 1.807) is 0 Å². The average molecular weight is 173 g/mol. The maximum absolute atomic E-state index is 2.61. The molecule has 1 aliphatic heterocycles. The van der Waals surface area contributed by atoms with E-state index in [9.17, 15) is 0 Å². The molecule has 0 aromatic rings. The van der Waals surface area contributed by atoms with E-state index in [1.807, 2.05) is 11.8 Å². The van der Waals surface area contributed by atoms with E-state index in [0.29, 0.717) is 0 Å². The molecule has 0 aliphatic carbocycles. The Hall–Kier alpha value is 0.310. The van der Waals surface area contributed by atoms with Gasteiger partial charge in [-0.15, -0.1) is 0 Å². The summed E-state index contributed by atoms with van der Waals surface area (Å²) in [5, 5.41) is 0. The Labute approximate surface area is 74.5 Å². The third kappa shape index (κ3) is 4.02. The molecule has 0 unspecified atom stereocenters. The van der Waals surface area contributed by atoms with Gasteiger partial charge in [0.2, 0.25) is 0 Å². The first kappa shape index (κ1) is 9.40. The van der Waals surface area contributed by atoms with Crippen molar-refractivity contribution in [2.24, 2.45) is 0 Å². The Kier molecular flexibility index (Phi) is 5.04. The van der Waals surface area contributed by atoms with Gasteiger partial charge in [0.25, 0.3) is 0 Å². The fourth-order valence-corrected chi connectivity index (χ4v) is 2.03. The van der Waals surface area contributed by atoms with Crippen LogP contribution in [0.25, 0.3) is 0 Å². The van der Waals surface area contributed by atoms with Crippen LogP contribution >= 0.6 is 11.8 Å². The standard InChI is InChI=1S/C9H19NS/c1-11-9-5-8-10-6-3-2-4-7-10/h2-9H2,1H3. The highest BCUT2D eigenvalue weighted by molar-refractivity contribution is 7.98. The van der Waals surface area contributed by atoms with Gasteiger partial charge in [0.15, 0.2) is 0 Å². The largest absolute Gasteiger partial charge is 0.303 e. The molecule has 0 N–H and O–H groups in total. The minimum Gasteiger partial charge on any atom is -0.303 e. The van der Waals surface area contributed by atoms with Crippen molar-refractivity contribution in [3.63, 3.8) is 0 Å². The molecule has 11 heavy (non-hydrogen) atoms. The van der Waals surface area contributed by atoms with E-state index in [-0.39, 0.29) is 0 Å². The van der Waals surface area contributed by atoms with Gasteiger partial charge < -0.3 is 4.90 Å². The number of hydrogen-bond donors (Lipinski definition) is 0. The van der Waals surface area contributed by atoms with Crippen LogP contribution in [0.2, 0.25) is 0 Å². The fraction of sp³-hybridized carbons (Fsp3) is 1.00. The van der Waals surface area contributed by atoms with Crippen LogP contribution in [-0.2, 0) is 0 Å². The van der Waals surface area contributed by atoms with Gasteiger partial charge in [0, 0.05) is 0 Å². The van der Waals surface area contributed by atoms with Crippen LogP contribution < -0.4 is 0 Å². The minimum absolute atomic E-state index is 1.33. The summed E-state index contributed by atoms with van der Waals surface area (Å²) in [6, 6.07) is 0. The molecule has 2 heteroatoms. The topological polar surface area (TPSA) is 3.24 Å². The van der Waals surface area contributed by atoms with Crippen molar-refractivity contribution in [2.75, 3.05) is 31.6 Å². The average Bonchev–Trinajstić information content (AvgIpc) is 2.07. The molecule has 0 aromatic carbocycles. The smallest absolute Gasteiger partial charge is 0.00109 e. The van der Waals surface area contributed by atoms with E-state index < -0.39 is 0 Å². The zero-order valence-corrected chi connectivity index (χ0v) is 8.33. The molecule has 1 aliphatic rings. The van der Waals surface area contributed by atoms with Crippen molar-refractivity contribution in [1.29, 1.82) is 0 Å². The number of piperidine rings is 1. The second-order valence-electron chi connectivity index (χ2n) is 3.25. The monoisotopic (exact) mass is 173 g/mol. The van der Waals surface area contributed by atoms with Gasteiger partial charge in [-0.05, 0) is 50.9 Å². The molecule has 66 valence electrons. The van der Waals surface area contributed by atoms with Crippen LogP contribution in [0.3, 0.4) is 0 Å². The number of nitrogens with zero attached hydrogens (tertiary/aromatic N) is 1. The lowest BCUT2D eigenvalue weighted by molar-refractivity contribution is 0.230. The predicted molar refractivity (Wildman–Crippen MR) is 53.3 cm³/mol. The van der Waals surface area contributed by atoms with Crippen LogP contribution in [0.4, 0.5) is 0 Å². The second kappa shape index (κ2) is 5.90. The molecule has 0 bridgehead atoms. The van der Waals surface area contributed by atoms with Crippen LogP contribution in [0.5, 0.6) is 0 Å². The summed E-state index contributed by atoms with van der Waals surface area (Å²) < 4.78 is 0. The molecule has 1 nitrogen and oxygen atoms in total. The van der Waals surface area contributed by atoms with Crippen molar-refractivity contribution >= 4 is 11.8 Å². The van der Waals surface area contributed by atoms with Crippen molar-refractivity contribution in [1.82, 2.24) is 4.90 Å². The molecule has 0 amide bonds. The van der Waals surface area contributed by atoms with Gasteiger partial charge in [-0.2, -0.15) is 11.8 Å². The lowest BCUT2D eigenvalue weighted by atomic mass is 10.1. The number of thioether (sulfide) groups is 1. The van der Waals surface area contributed by atoms with Crippen LogP contribution in [-0.4, -0.2) is 36.5 Å². The lowest BCUT2D eigenvalue weighted by Gasteiger charge is -2.26. The molecular formula is C9H19NS. The van der Waals surface area contributed by atoms with Gasteiger partial charge in [-0.25, -0.2) is 0 Å². The van der Waals surface area contributed by atoms with E-state index in [0.717, 1.165) is 0 Å². The SMILES string of the molecule is CSCCCN1CCCCC1. The maximum atomic E-state index is 2.61. The first-order valence-corrected chi connectivity index (χ1v) is 6.04. The molecule has 1 fully saturated rings. The van der Waals surface area contributed by atoms with Gasteiger partial charge in [-0.1, -0.05) is 6.42 Å². The van der Waals surface area contributed by atoms with Crippen LogP contribution in [0.15, 0.2) is 0 Å². The molecule has 0 radical (unpaired) electrons. The molecule has 0 saturated carbocycles. The van der Waals surface area contributed by atoms with E-state index >= 15 is 0 Å². The summed E-state index contributed by atoms with van der Waals surface area (Å²) >= 11 is 1.96. The molecule has 0 spiro atoms. The van der Waals surface area contributed by atoms with Gasteiger partial charge in [0.1, 0.15) is 0 Å². The van der Waals surface area contributed by atoms with Gasteiger partial charge >= 0.3 is 0 Å². The van der Waals surface area contributed by atoms with Crippen molar-refractivity contribution < 1.29 is 0 Å². The lowest BCUT2D eigenvalue weighted by Crippen LogP contribution is -2.30. The normalized spacial score (nSPS) is 20.5. The van der Waals surface area contributed by atoms with Crippen LogP contribution in [0.1, 0.15) is 25.7 Å². The van der Waals surface area contributed by atoms with E-state index in [2.05, 4.69) is 11.2 Å². The van der Waals surface area contributed by atoms with Gasteiger partial charge in [-0.3, -0.25) is 0 Å². The highest BCUT2D eigenvalue weighted by Crippen LogP contribution is 2.09. The fourth-order valence-electron chi connectivity index (χ4n) is 1.62. The summed E-state index contributed by atoms with van der Waals surface area (Å²) in [5.41, 5.74) is 0. The number of hydrogen-bond acceptors (Lipinski definition) is 2. The van der Waals surface area contributed by atoms with Crippen molar-refractivity contribution in [2.45, 2.75) is 25.7 Å². The third-order valence-corrected chi connectivity index (χ3v) is 2.97. The molecule has 1 heterocycles. The van der Waals surface area contributed by atoms with E-state index in [1.165, 1.54) is 51.1 Å². The molecular weight excluding hydrogens is 154 g/mol. The van der Waals surface area contributed by atoms with Crippen LogP contribution in [0, 0.1) is 0 Å². The summed E-state index contributed by atoms with van der Waals surface area (Å²) in [6.45, 7) is 4.05. The number of rotatable bonds is 4. The van der Waals surface area contributed by atoms with E-state index in [4.69, 9.17) is 0 Å². The maximum Gasteiger partial charge on any atom is -0.00109 e. The van der Waals surface area contributed by atoms with Crippen molar-refractivity contribution in [3.8, 4) is 0 Å². The summed E-state index contributed by atoms with van der Waals surface area (Å²) in [4.78, 5) is 2.61.